The van der Waals surface area contributed by atoms with Gasteiger partial charge in [-0.15, -0.1) is 0 Å². The van der Waals surface area contributed by atoms with Crippen molar-refractivity contribution >= 4 is 5.97 Å². The maximum Gasteiger partial charge on any atom is 0.333 e. The molecule has 1 heterocycles. The van der Waals surface area contributed by atoms with Crippen LogP contribution in [0, 0.1) is 0 Å². The average molecular weight is 243 g/mol. The van der Waals surface area contributed by atoms with E-state index >= 15 is 0 Å². The maximum atomic E-state index is 11.3. The lowest BCUT2D eigenvalue weighted by molar-refractivity contribution is -0.136. The third kappa shape index (κ3) is 4.46. The Labute approximate surface area is 102 Å². The van der Waals surface area contributed by atoms with Crippen LogP contribution in [0.15, 0.2) is 11.6 Å². The summed E-state index contributed by atoms with van der Waals surface area (Å²) in [6.07, 6.45) is 3.09. The molecule has 1 aliphatic rings. The smallest absolute Gasteiger partial charge is 0.333 e. The molecule has 5 nitrogen and oxygen atoms in total. The number of ether oxygens (including phenoxy) is 2. The summed E-state index contributed by atoms with van der Waals surface area (Å²) in [5, 5.41) is 13.1. The molecular formula is C12H21NO4. The number of aliphatic hydroxyl groups is 1. The first kappa shape index (κ1) is 14.2. The molecule has 0 saturated carbocycles. The van der Waals surface area contributed by atoms with Gasteiger partial charge in [-0.2, -0.15) is 0 Å². The number of carbonyl (C=O) groups is 1. The van der Waals surface area contributed by atoms with E-state index in [1.807, 2.05) is 6.92 Å². The Kier molecular flexibility index (Phi) is 5.61. The highest BCUT2D eigenvalue weighted by atomic mass is 16.5. The van der Waals surface area contributed by atoms with E-state index in [1.165, 1.54) is 7.11 Å². The van der Waals surface area contributed by atoms with Gasteiger partial charge in [-0.05, 0) is 6.42 Å². The molecule has 5 heteroatoms. The molecular weight excluding hydrogens is 222 g/mol. The summed E-state index contributed by atoms with van der Waals surface area (Å²) in [4.78, 5) is 11.3. The van der Waals surface area contributed by atoms with Gasteiger partial charge in [0.15, 0.2) is 0 Å². The SMILES string of the molecule is CCC(=CCNCC1(O)CCOC1)C(=O)OC. The zero-order chi connectivity index (χ0) is 12.7. The van der Waals surface area contributed by atoms with E-state index in [0.29, 0.717) is 44.7 Å². The van der Waals surface area contributed by atoms with Gasteiger partial charge in [-0.25, -0.2) is 4.79 Å². The molecule has 1 aliphatic heterocycles. The molecule has 0 aromatic heterocycles. The molecule has 0 bridgehead atoms. The molecule has 1 unspecified atom stereocenters. The molecule has 2 N–H and O–H groups in total. The van der Waals surface area contributed by atoms with Crippen molar-refractivity contribution in [2.24, 2.45) is 0 Å². The fraction of sp³-hybridized carbons (Fsp3) is 0.750. The lowest BCUT2D eigenvalue weighted by Gasteiger charge is -2.20. The summed E-state index contributed by atoms with van der Waals surface area (Å²) in [5.41, 5.74) is -0.111. The molecule has 1 fully saturated rings. The molecule has 0 radical (unpaired) electrons. The highest BCUT2D eigenvalue weighted by Crippen LogP contribution is 2.16. The highest BCUT2D eigenvalue weighted by Gasteiger charge is 2.31. The minimum Gasteiger partial charge on any atom is -0.466 e. The molecule has 98 valence electrons. The number of rotatable bonds is 6. The predicted molar refractivity (Wildman–Crippen MR) is 63.6 cm³/mol. The zero-order valence-corrected chi connectivity index (χ0v) is 10.5. The Hall–Kier alpha value is -0.910. The molecule has 17 heavy (non-hydrogen) atoms. The minimum atomic E-state index is -0.758. The van der Waals surface area contributed by atoms with Gasteiger partial charge < -0.3 is 19.9 Å². The summed E-state index contributed by atoms with van der Waals surface area (Å²) in [6, 6.07) is 0. The van der Waals surface area contributed by atoms with Crippen LogP contribution in [-0.4, -0.2) is 50.1 Å². The van der Waals surface area contributed by atoms with Crippen molar-refractivity contribution in [3.63, 3.8) is 0 Å². The van der Waals surface area contributed by atoms with Crippen molar-refractivity contribution < 1.29 is 19.4 Å². The van der Waals surface area contributed by atoms with E-state index in [4.69, 9.17) is 4.74 Å². The number of hydrogen-bond acceptors (Lipinski definition) is 5. The van der Waals surface area contributed by atoms with Crippen LogP contribution in [0.1, 0.15) is 19.8 Å². The van der Waals surface area contributed by atoms with E-state index in [9.17, 15) is 9.90 Å². The van der Waals surface area contributed by atoms with E-state index in [2.05, 4.69) is 10.1 Å². The topological polar surface area (TPSA) is 67.8 Å². The molecule has 0 aliphatic carbocycles. The van der Waals surface area contributed by atoms with Crippen LogP contribution >= 0.6 is 0 Å². The fourth-order valence-electron chi connectivity index (χ4n) is 1.74. The van der Waals surface area contributed by atoms with E-state index in [0.717, 1.165) is 0 Å². The minimum absolute atomic E-state index is 0.294. The second-order valence-electron chi connectivity index (χ2n) is 4.23. The number of esters is 1. The van der Waals surface area contributed by atoms with Gasteiger partial charge in [0.25, 0.3) is 0 Å². The summed E-state index contributed by atoms with van der Waals surface area (Å²) in [7, 11) is 1.37. The van der Waals surface area contributed by atoms with Crippen LogP contribution in [-0.2, 0) is 14.3 Å². The largest absolute Gasteiger partial charge is 0.466 e. The maximum absolute atomic E-state index is 11.3. The van der Waals surface area contributed by atoms with Gasteiger partial charge in [0.2, 0.25) is 0 Å². The Morgan fingerprint density at radius 3 is 2.94 bits per heavy atom. The van der Waals surface area contributed by atoms with Crippen LogP contribution in [0.2, 0.25) is 0 Å². The number of hydrogen-bond donors (Lipinski definition) is 2. The monoisotopic (exact) mass is 243 g/mol. The van der Waals surface area contributed by atoms with Gasteiger partial charge >= 0.3 is 5.97 Å². The van der Waals surface area contributed by atoms with Crippen molar-refractivity contribution in [3.8, 4) is 0 Å². The van der Waals surface area contributed by atoms with Gasteiger partial charge in [0.1, 0.15) is 5.60 Å². The lowest BCUT2D eigenvalue weighted by Crippen LogP contribution is -2.41. The van der Waals surface area contributed by atoms with Crippen molar-refractivity contribution in [2.75, 3.05) is 33.4 Å². The highest BCUT2D eigenvalue weighted by molar-refractivity contribution is 5.88. The molecule has 0 aromatic carbocycles. The summed E-state index contributed by atoms with van der Waals surface area (Å²) >= 11 is 0. The standard InChI is InChI=1S/C12H21NO4/c1-3-10(11(14)16-2)4-6-13-8-12(15)5-7-17-9-12/h4,13,15H,3,5-9H2,1-2H3. The summed E-state index contributed by atoms with van der Waals surface area (Å²) in [5.74, 6) is -0.294. The van der Waals surface area contributed by atoms with Gasteiger partial charge in [-0.1, -0.05) is 13.0 Å². The number of methoxy groups -OCH3 is 1. The zero-order valence-electron chi connectivity index (χ0n) is 10.5. The van der Waals surface area contributed by atoms with Crippen LogP contribution in [0.25, 0.3) is 0 Å². The fourth-order valence-corrected chi connectivity index (χ4v) is 1.74. The van der Waals surface area contributed by atoms with Crippen LogP contribution in [0.4, 0.5) is 0 Å². The first-order valence-electron chi connectivity index (χ1n) is 5.89. The lowest BCUT2D eigenvalue weighted by atomic mass is 10.0. The molecule has 0 aromatic rings. The third-order valence-electron chi connectivity index (χ3n) is 2.86. The van der Waals surface area contributed by atoms with Crippen LogP contribution in [0.3, 0.4) is 0 Å². The van der Waals surface area contributed by atoms with Crippen molar-refractivity contribution in [2.45, 2.75) is 25.4 Å². The summed E-state index contributed by atoms with van der Waals surface area (Å²) < 4.78 is 9.78. The first-order chi connectivity index (χ1) is 8.11. The average Bonchev–Trinajstić information content (AvgIpc) is 2.76. The first-order valence-corrected chi connectivity index (χ1v) is 5.89. The second-order valence-corrected chi connectivity index (χ2v) is 4.23. The second kappa shape index (κ2) is 6.74. The Bertz CT molecular complexity index is 282. The molecule has 1 saturated heterocycles. The molecule has 0 amide bonds. The Morgan fingerprint density at radius 1 is 1.65 bits per heavy atom. The quantitative estimate of drug-likeness (QED) is 0.397. The molecule has 1 atom stereocenters. The van der Waals surface area contributed by atoms with Gasteiger partial charge in [-0.3, -0.25) is 0 Å². The van der Waals surface area contributed by atoms with Gasteiger partial charge in [0.05, 0.1) is 13.7 Å². The van der Waals surface area contributed by atoms with Crippen LogP contribution < -0.4 is 5.32 Å². The molecule has 1 rings (SSSR count). The van der Waals surface area contributed by atoms with Gasteiger partial charge in [0, 0.05) is 31.7 Å². The van der Waals surface area contributed by atoms with E-state index in [1.54, 1.807) is 6.08 Å². The third-order valence-corrected chi connectivity index (χ3v) is 2.86. The predicted octanol–water partition coefficient (Wildman–Crippen LogP) is 0.237. The number of nitrogens with one attached hydrogen (secondary N) is 1. The Morgan fingerprint density at radius 2 is 2.41 bits per heavy atom. The Balaban J connectivity index is 2.30. The van der Waals surface area contributed by atoms with Crippen molar-refractivity contribution in [1.29, 1.82) is 0 Å². The van der Waals surface area contributed by atoms with E-state index < -0.39 is 5.60 Å². The van der Waals surface area contributed by atoms with Crippen molar-refractivity contribution in [1.82, 2.24) is 5.32 Å². The van der Waals surface area contributed by atoms with E-state index in [-0.39, 0.29) is 5.97 Å². The normalized spacial score (nSPS) is 25.0. The van der Waals surface area contributed by atoms with Crippen LogP contribution in [0.5, 0.6) is 0 Å². The molecule has 0 spiro atoms. The number of carbonyl (C=O) groups excluding carboxylic acids is 1. The van der Waals surface area contributed by atoms with Crippen molar-refractivity contribution in [3.05, 3.63) is 11.6 Å². The summed E-state index contributed by atoms with van der Waals surface area (Å²) in [6.45, 7) is 3.90.